The van der Waals surface area contributed by atoms with E-state index >= 15 is 0 Å². The molecule has 1 unspecified atom stereocenters. The van der Waals surface area contributed by atoms with Gasteiger partial charge in [0, 0.05) is 5.56 Å². The van der Waals surface area contributed by atoms with Gasteiger partial charge in [0.1, 0.15) is 0 Å². The molecule has 0 heterocycles. The topological polar surface area (TPSA) is 55.4 Å². The van der Waals surface area contributed by atoms with Crippen molar-refractivity contribution in [2.24, 2.45) is 0 Å². The smallest absolute Gasteiger partial charge is 0.339 e. The number of amides is 1. The molecule has 2 aromatic carbocycles. The molecule has 4 nitrogen and oxygen atoms in total. The number of benzene rings is 2. The molecule has 8 heteroatoms. The maximum atomic E-state index is 14.0. The van der Waals surface area contributed by atoms with Crippen LogP contribution in [-0.2, 0) is 9.53 Å². The normalized spacial score (nSPS) is 11.9. The Bertz CT molecular complexity index is 753. The zero-order valence-corrected chi connectivity index (χ0v) is 12.7. The van der Waals surface area contributed by atoms with Gasteiger partial charge in [-0.05, 0) is 18.2 Å². The third-order valence-corrected chi connectivity index (χ3v) is 3.17. The third-order valence-electron chi connectivity index (χ3n) is 3.17. The highest BCUT2D eigenvalue weighted by molar-refractivity contribution is 5.92. The van der Waals surface area contributed by atoms with Crippen molar-refractivity contribution in [2.45, 2.75) is 12.5 Å². The molecule has 0 aromatic heterocycles. The van der Waals surface area contributed by atoms with Crippen LogP contribution in [0, 0.1) is 11.6 Å². The number of esters is 1. The molecule has 2 rings (SSSR count). The summed E-state index contributed by atoms with van der Waals surface area (Å²) < 4.78 is 56.9. The van der Waals surface area contributed by atoms with Crippen LogP contribution in [0.4, 0.5) is 17.6 Å². The van der Waals surface area contributed by atoms with E-state index in [2.05, 4.69) is 0 Å². The van der Waals surface area contributed by atoms with E-state index in [1.54, 1.807) is 6.07 Å². The van der Waals surface area contributed by atoms with Crippen LogP contribution in [0.5, 0.6) is 0 Å². The summed E-state index contributed by atoms with van der Waals surface area (Å²) in [6.07, 6.45) is -4.77. The van der Waals surface area contributed by atoms with Gasteiger partial charge in [-0.3, -0.25) is 4.79 Å². The molecular formula is C17H13F4NO3. The van der Waals surface area contributed by atoms with E-state index in [1.165, 1.54) is 24.3 Å². The number of ether oxygens (including phenoxy) is 1. The number of rotatable bonds is 6. The number of alkyl halides is 2. The van der Waals surface area contributed by atoms with Gasteiger partial charge < -0.3 is 10.1 Å². The van der Waals surface area contributed by atoms with Crippen LogP contribution in [0.25, 0.3) is 0 Å². The molecule has 1 atom stereocenters. The molecule has 0 aliphatic carbocycles. The summed E-state index contributed by atoms with van der Waals surface area (Å²) in [5.41, 5.74) is -0.512. The van der Waals surface area contributed by atoms with E-state index in [9.17, 15) is 27.2 Å². The predicted octanol–water partition coefficient (Wildman–Crippen LogP) is 3.24. The Morgan fingerprint density at radius 2 is 1.68 bits per heavy atom. The number of carbonyl (C=O) groups is 2. The van der Waals surface area contributed by atoms with Crippen LogP contribution in [0.3, 0.4) is 0 Å². The summed E-state index contributed by atoms with van der Waals surface area (Å²) >= 11 is 0. The van der Waals surface area contributed by atoms with Gasteiger partial charge in [-0.1, -0.05) is 30.3 Å². The summed E-state index contributed by atoms with van der Waals surface area (Å²) in [6.45, 7) is -1.02. The highest BCUT2D eigenvalue weighted by Gasteiger charge is 2.29. The third kappa shape index (κ3) is 4.79. The molecule has 25 heavy (non-hydrogen) atoms. The Hall–Kier alpha value is -2.90. The second-order valence-corrected chi connectivity index (χ2v) is 4.93. The first-order valence-electron chi connectivity index (χ1n) is 7.16. The fraction of sp³-hybridized carbons (Fsp3) is 0.176. The van der Waals surface area contributed by atoms with Gasteiger partial charge in [0.15, 0.2) is 11.6 Å². The minimum atomic E-state index is -2.85. The van der Waals surface area contributed by atoms with E-state index in [4.69, 9.17) is 4.74 Å². The summed E-state index contributed by atoms with van der Waals surface area (Å²) in [6, 6.07) is 10.4. The number of hydrogen-bond acceptors (Lipinski definition) is 3. The molecule has 132 valence electrons. The fourth-order valence-corrected chi connectivity index (χ4v) is 2.00. The van der Waals surface area contributed by atoms with Crippen molar-refractivity contribution in [3.8, 4) is 0 Å². The maximum Gasteiger partial charge on any atom is 0.339 e. The zero-order valence-electron chi connectivity index (χ0n) is 12.7. The number of nitrogens with one attached hydrogen (secondary N) is 1. The molecule has 0 saturated heterocycles. The predicted molar refractivity (Wildman–Crippen MR) is 80.0 cm³/mol. The van der Waals surface area contributed by atoms with Crippen molar-refractivity contribution in [1.82, 2.24) is 5.32 Å². The van der Waals surface area contributed by atoms with Crippen molar-refractivity contribution in [3.63, 3.8) is 0 Å². The van der Waals surface area contributed by atoms with Gasteiger partial charge in [-0.2, -0.15) is 0 Å². The summed E-state index contributed by atoms with van der Waals surface area (Å²) in [5, 5.41) is 1.83. The Balaban J connectivity index is 2.30. The number of hydrogen-bond donors (Lipinski definition) is 1. The molecule has 0 bridgehead atoms. The molecule has 2 aromatic rings. The average Bonchev–Trinajstić information content (AvgIpc) is 2.61. The molecule has 0 aliphatic heterocycles. The lowest BCUT2D eigenvalue weighted by molar-refractivity contribution is -0.131. The lowest BCUT2D eigenvalue weighted by Crippen LogP contribution is -2.35. The summed E-state index contributed by atoms with van der Waals surface area (Å²) in [7, 11) is 0. The first-order valence-corrected chi connectivity index (χ1v) is 7.16. The van der Waals surface area contributed by atoms with Crippen LogP contribution < -0.4 is 5.32 Å². The van der Waals surface area contributed by atoms with Crippen LogP contribution >= 0.6 is 0 Å². The van der Waals surface area contributed by atoms with Crippen LogP contribution in [0.2, 0.25) is 0 Å². The van der Waals surface area contributed by atoms with Gasteiger partial charge in [0.2, 0.25) is 6.10 Å². The van der Waals surface area contributed by atoms with Crippen LogP contribution in [-0.4, -0.2) is 24.8 Å². The highest BCUT2D eigenvalue weighted by atomic mass is 19.3. The molecule has 0 saturated carbocycles. The Labute approximate surface area is 140 Å². The SMILES string of the molecule is O=C(OC(C(=O)NCC(F)F)c1cccc(F)c1F)c1ccccc1. The molecule has 0 fully saturated rings. The highest BCUT2D eigenvalue weighted by Crippen LogP contribution is 2.24. The van der Waals surface area contributed by atoms with Crippen molar-refractivity contribution >= 4 is 11.9 Å². The van der Waals surface area contributed by atoms with E-state index in [0.717, 1.165) is 18.2 Å². The van der Waals surface area contributed by atoms with E-state index in [-0.39, 0.29) is 5.56 Å². The Morgan fingerprint density at radius 3 is 2.32 bits per heavy atom. The zero-order chi connectivity index (χ0) is 18.4. The number of halogens is 4. The quantitative estimate of drug-likeness (QED) is 0.639. The molecule has 0 spiro atoms. The first kappa shape index (κ1) is 18.4. The molecule has 1 N–H and O–H groups in total. The van der Waals surface area contributed by atoms with Gasteiger partial charge in [0.25, 0.3) is 12.3 Å². The summed E-state index contributed by atoms with van der Waals surface area (Å²) in [4.78, 5) is 24.2. The van der Waals surface area contributed by atoms with Crippen molar-refractivity contribution in [1.29, 1.82) is 0 Å². The summed E-state index contributed by atoms with van der Waals surface area (Å²) in [5.74, 6) is -4.84. The van der Waals surface area contributed by atoms with Crippen molar-refractivity contribution < 1.29 is 31.9 Å². The second kappa shape index (κ2) is 8.27. The van der Waals surface area contributed by atoms with Crippen molar-refractivity contribution in [3.05, 3.63) is 71.3 Å². The first-order chi connectivity index (χ1) is 11.9. The largest absolute Gasteiger partial charge is 0.444 e. The molecule has 0 radical (unpaired) electrons. The lowest BCUT2D eigenvalue weighted by atomic mass is 10.1. The van der Waals surface area contributed by atoms with Crippen LogP contribution in [0.1, 0.15) is 22.0 Å². The molecule has 1 amide bonds. The minimum Gasteiger partial charge on any atom is -0.444 e. The van der Waals surface area contributed by atoms with E-state index in [0.29, 0.717) is 0 Å². The van der Waals surface area contributed by atoms with E-state index in [1.807, 2.05) is 5.32 Å². The van der Waals surface area contributed by atoms with Gasteiger partial charge in [-0.15, -0.1) is 0 Å². The molecular weight excluding hydrogens is 342 g/mol. The minimum absolute atomic E-state index is 0.0611. The Kier molecular flexibility index (Phi) is 6.10. The monoisotopic (exact) mass is 355 g/mol. The Morgan fingerprint density at radius 1 is 1.00 bits per heavy atom. The lowest BCUT2D eigenvalue weighted by Gasteiger charge is -2.18. The van der Waals surface area contributed by atoms with Gasteiger partial charge in [0.05, 0.1) is 12.1 Å². The van der Waals surface area contributed by atoms with E-state index < -0.39 is 48.1 Å². The number of carbonyl (C=O) groups excluding carboxylic acids is 2. The van der Waals surface area contributed by atoms with Crippen molar-refractivity contribution in [2.75, 3.05) is 6.54 Å². The maximum absolute atomic E-state index is 14.0. The fourth-order valence-electron chi connectivity index (χ4n) is 2.00. The second-order valence-electron chi connectivity index (χ2n) is 4.93. The van der Waals surface area contributed by atoms with Gasteiger partial charge >= 0.3 is 5.97 Å². The molecule has 0 aliphatic rings. The average molecular weight is 355 g/mol. The van der Waals surface area contributed by atoms with Gasteiger partial charge in [-0.25, -0.2) is 22.4 Å². The van der Waals surface area contributed by atoms with Crippen LogP contribution in [0.15, 0.2) is 48.5 Å². The standard InChI is InChI=1S/C17H13F4NO3/c18-12-8-4-7-11(14(12)21)15(16(23)22-9-13(19)20)25-17(24)10-5-2-1-3-6-10/h1-8,13,15H,9H2,(H,22,23).